The Morgan fingerprint density at radius 1 is 1.32 bits per heavy atom. The summed E-state index contributed by atoms with van der Waals surface area (Å²) in [4.78, 5) is 16.6. The Balaban J connectivity index is 1.66. The minimum Gasteiger partial charge on any atom is -0.349 e. The summed E-state index contributed by atoms with van der Waals surface area (Å²) in [6.45, 7) is 5.79. The number of thioether (sulfide) groups is 1. The lowest BCUT2D eigenvalue weighted by atomic mass is 10.1. The highest BCUT2D eigenvalue weighted by Crippen LogP contribution is 2.23. The summed E-state index contributed by atoms with van der Waals surface area (Å²) in [5.74, 6) is 0.694. The van der Waals surface area contributed by atoms with Crippen molar-refractivity contribution in [1.82, 2.24) is 24.9 Å². The number of fused-ring (bicyclic) bond motifs is 1. The first-order valence-electron chi connectivity index (χ1n) is 7.81. The highest BCUT2D eigenvalue weighted by atomic mass is 35.5. The zero-order chi connectivity index (χ0) is 18.0. The van der Waals surface area contributed by atoms with Gasteiger partial charge >= 0.3 is 0 Å². The predicted molar refractivity (Wildman–Crippen MR) is 99.0 cm³/mol. The number of carbonyl (C=O) groups is 1. The van der Waals surface area contributed by atoms with Gasteiger partial charge in [-0.1, -0.05) is 41.6 Å². The molecule has 2 heterocycles. The van der Waals surface area contributed by atoms with Crippen molar-refractivity contribution in [2.75, 3.05) is 5.75 Å². The van der Waals surface area contributed by atoms with E-state index in [1.165, 1.54) is 11.8 Å². The Hall–Kier alpha value is -2.12. The second kappa shape index (κ2) is 7.41. The topological polar surface area (TPSA) is 72.2 Å². The molecule has 130 valence electrons. The molecule has 1 amide bonds. The highest BCUT2D eigenvalue weighted by molar-refractivity contribution is 7.99. The van der Waals surface area contributed by atoms with Crippen molar-refractivity contribution < 1.29 is 4.79 Å². The molecule has 25 heavy (non-hydrogen) atoms. The molecule has 0 bridgehead atoms. The predicted octanol–water partition coefficient (Wildman–Crippen LogP) is 3.36. The lowest BCUT2D eigenvalue weighted by Gasteiger charge is -2.15. The van der Waals surface area contributed by atoms with Gasteiger partial charge in [-0.3, -0.25) is 9.20 Å². The summed E-state index contributed by atoms with van der Waals surface area (Å²) < 4.78 is 1.85. The number of nitrogens with one attached hydrogen (secondary N) is 1. The normalized spacial score (nSPS) is 12.3. The smallest absolute Gasteiger partial charge is 0.256 e. The van der Waals surface area contributed by atoms with Gasteiger partial charge < -0.3 is 5.32 Å². The molecule has 0 saturated carbocycles. The van der Waals surface area contributed by atoms with Crippen LogP contribution in [0.3, 0.4) is 0 Å². The number of halogens is 1. The number of aromatic nitrogens is 4. The quantitative estimate of drug-likeness (QED) is 0.692. The van der Waals surface area contributed by atoms with Crippen LogP contribution >= 0.6 is 23.4 Å². The number of hydrogen-bond acceptors (Lipinski definition) is 5. The third kappa shape index (κ3) is 3.93. The van der Waals surface area contributed by atoms with Crippen LogP contribution in [0.4, 0.5) is 0 Å². The standard InChI is InChI=1S/C17H18ClN5OS/c1-10-8-11(2)23-16(19-10)21-22-17(23)25-9-15(24)20-12(3)13-6-4-5-7-14(13)18/h4-8,12H,9H2,1-3H3,(H,20,24)/t12-/m1/s1. The number of rotatable bonds is 5. The summed E-state index contributed by atoms with van der Waals surface area (Å²) in [5.41, 5.74) is 2.77. The lowest BCUT2D eigenvalue weighted by molar-refractivity contribution is -0.119. The van der Waals surface area contributed by atoms with E-state index in [0.29, 0.717) is 16.0 Å². The molecule has 3 rings (SSSR count). The molecule has 1 aromatic carbocycles. The largest absolute Gasteiger partial charge is 0.349 e. The average Bonchev–Trinajstić information content (AvgIpc) is 2.96. The van der Waals surface area contributed by atoms with Gasteiger partial charge in [0.1, 0.15) is 0 Å². The minimum atomic E-state index is -0.164. The molecule has 8 heteroatoms. The SMILES string of the molecule is Cc1cc(C)n2c(SCC(=O)N[C@H](C)c3ccccc3Cl)nnc2n1. The van der Waals surface area contributed by atoms with Crippen LogP contribution in [-0.4, -0.2) is 31.2 Å². The van der Waals surface area contributed by atoms with Crippen molar-refractivity contribution in [3.63, 3.8) is 0 Å². The molecule has 0 aliphatic heterocycles. The Labute approximate surface area is 155 Å². The molecule has 0 aliphatic rings. The molecule has 0 spiro atoms. The fourth-order valence-electron chi connectivity index (χ4n) is 2.61. The fourth-order valence-corrected chi connectivity index (χ4v) is 3.71. The van der Waals surface area contributed by atoms with E-state index in [0.717, 1.165) is 17.0 Å². The molecule has 0 radical (unpaired) electrons. The van der Waals surface area contributed by atoms with Gasteiger partial charge in [0.2, 0.25) is 5.91 Å². The number of benzene rings is 1. The Morgan fingerprint density at radius 3 is 2.84 bits per heavy atom. The van der Waals surface area contributed by atoms with Gasteiger partial charge in [-0.05, 0) is 38.5 Å². The monoisotopic (exact) mass is 375 g/mol. The van der Waals surface area contributed by atoms with E-state index in [1.807, 2.05) is 55.5 Å². The van der Waals surface area contributed by atoms with Crippen LogP contribution in [0, 0.1) is 13.8 Å². The molecular weight excluding hydrogens is 358 g/mol. The third-order valence-electron chi connectivity index (χ3n) is 3.74. The molecule has 2 aromatic heterocycles. The molecule has 0 fully saturated rings. The van der Waals surface area contributed by atoms with Crippen LogP contribution in [-0.2, 0) is 4.79 Å². The maximum Gasteiger partial charge on any atom is 0.256 e. The van der Waals surface area contributed by atoms with Crippen LogP contribution in [0.5, 0.6) is 0 Å². The average molecular weight is 376 g/mol. The lowest BCUT2D eigenvalue weighted by Crippen LogP contribution is -2.28. The summed E-state index contributed by atoms with van der Waals surface area (Å²) in [6, 6.07) is 9.28. The summed E-state index contributed by atoms with van der Waals surface area (Å²) >= 11 is 7.50. The molecule has 0 saturated heterocycles. The molecule has 3 aromatic rings. The van der Waals surface area contributed by atoms with Crippen molar-refractivity contribution >= 4 is 35.0 Å². The maximum absolute atomic E-state index is 12.3. The van der Waals surface area contributed by atoms with Crippen LogP contribution in [0.1, 0.15) is 29.9 Å². The van der Waals surface area contributed by atoms with E-state index in [2.05, 4.69) is 20.5 Å². The highest BCUT2D eigenvalue weighted by Gasteiger charge is 2.15. The van der Waals surface area contributed by atoms with Crippen molar-refractivity contribution in [3.8, 4) is 0 Å². The number of carbonyl (C=O) groups excluding carboxylic acids is 1. The Bertz CT molecular complexity index is 927. The first kappa shape index (κ1) is 17.7. The summed E-state index contributed by atoms with van der Waals surface area (Å²) in [7, 11) is 0. The van der Waals surface area contributed by atoms with Gasteiger partial charge in [0.25, 0.3) is 5.78 Å². The van der Waals surface area contributed by atoms with E-state index in [4.69, 9.17) is 11.6 Å². The van der Waals surface area contributed by atoms with E-state index in [9.17, 15) is 4.79 Å². The first-order chi connectivity index (χ1) is 12.0. The van der Waals surface area contributed by atoms with Crippen LogP contribution in [0.15, 0.2) is 35.5 Å². The van der Waals surface area contributed by atoms with E-state index in [-0.39, 0.29) is 17.7 Å². The second-order valence-electron chi connectivity index (χ2n) is 5.76. The molecule has 6 nitrogen and oxygen atoms in total. The Morgan fingerprint density at radius 2 is 2.08 bits per heavy atom. The maximum atomic E-state index is 12.3. The van der Waals surface area contributed by atoms with Gasteiger partial charge in [-0.25, -0.2) is 4.98 Å². The number of nitrogens with zero attached hydrogens (tertiary/aromatic N) is 4. The van der Waals surface area contributed by atoms with Crippen LogP contribution in [0.25, 0.3) is 5.78 Å². The van der Waals surface area contributed by atoms with Gasteiger partial charge in [-0.15, -0.1) is 10.2 Å². The van der Waals surface area contributed by atoms with Crippen molar-refractivity contribution in [2.45, 2.75) is 32.0 Å². The van der Waals surface area contributed by atoms with Crippen molar-refractivity contribution in [1.29, 1.82) is 0 Å². The number of amides is 1. The summed E-state index contributed by atoms with van der Waals surface area (Å²) in [6.07, 6.45) is 0. The van der Waals surface area contributed by atoms with Crippen LogP contribution < -0.4 is 5.32 Å². The van der Waals surface area contributed by atoms with Gasteiger partial charge in [0.15, 0.2) is 5.16 Å². The van der Waals surface area contributed by atoms with Crippen molar-refractivity contribution in [2.24, 2.45) is 0 Å². The molecule has 0 unspecified atom stereocenters. The van der Waals surface area contributed by atoms with Gasteiger partial charge in [0.05, 0.1) is 11.8 Å². The molecule has 1 atom stereocenters. The zero-order valence-corrected chi connectivity index (χ0v) is 15.7. The van der Waals surface area contributed by atoms with E-state index < -0.39 is 0 Å². The number of aryl methyl sites for hydroxylation is 2. The molecule has 0 aliphatic carbocycles. The molecular formula is C17H18ClN5OS. The second-order valence-corrected chi connectivity index (χ2v) is 7.11. The van der Waals surface area contributed by atoms with E-state index >= 15 is 0 Å². The number of hydrogen-bond donors (Lipinski definition) is 1. The minimum absolute atomic E-state index is 0.0908. The third-order valence-corrected chi connectivity index (χ3v) is 5.02. The first-order valence-corrected chi connectivity index (χ1v) is 9.18. The van der Waals surface area contributed by atoms with Gasteiger partial charge in [-0.2, -0.15) is 0 Å². The van der Waals surface area contributed by atoms with Gasteiger partial charge in [0, 0.05) is 16.4 Å². The Kier molecular flexibility index (Phi) is 5.24. The zero-order valence-electron chi connectivity index (χ0n) is 14.2. The van der Waals surface area contributed by atoms with Crippen molar-refractivity contribution in [3.05, 3.63) is 52.3 Å². The summed E-state index contributed by atoms with van der Waals surface area (Å²) in [5, 5.41) is 12.5. The van der Waals surface area contributed by atoms with Crippen LogP contribution in [0.2, 0.25) is 5.02 Å². The van der Waals surface area contributed by atoms with E-state index in [1.54, 1.807) is 0 Å². The fraction of sp³-hybridized carbons (Fsp3) is 0.294. The molecule has 1 N–H and O–H groups in total.